The van der Waals surface area contributed by atoms with Gasteiger partial charge in [-0.3, -0.25) is 9.59 Å². The first kappa shape index (κ1) is 37.9. The Bertz CT molecular complexity index is 1480. The van der Waals surface area contributed by atoms with E-state index in [1.165, 1.54) is 0 Å². The average molecular weight is 689 g/mol. The number of nitrogens with one attached hydrogen (secondary N) is 3. The van der Waals surface area contributed by atoms with E-state index in [0.29, 0.717) is 38.1 Å². The third kappa shape index (κ3) is 11.6. The minimum Gasteiger partial charge on any atom is -0.483 e. The molecule has 10 heteroatoms. The van der Waals surface area contributed by atoms with E-state index in [2.05, 4.69) is 25.2 Å². The molecule has 3 aromatic carbocycles. The van der Waals surface area contributed by atoms with Crippen LogP contribution in [0.1, 0.15) is 55.9 Å². The molecule has 49 heavy (non-hydrogen) atoms. The maximum absolute atomic E-state index is 14.1. The molecule has 1 saturated heterocycles. The van der Waals surface area contributed by atoms with Crippen molar-refractivity contribution in [1.82, 2.24) is 20.9 Å². The van der Waals surface area contributed by atoms with Gasteiger partial charge in [0.25, 0.3) is 5.91 Å². The lowest BCUT2D eigenvalue weighted by atomic mass is 9.92. The number of nitrogens with zero attached hydrogens (tertiary/aromatic N) is 1. The lowest BCUT2D eigenvalue weighted by molar-refractivity contribution is -0.129. The highest BCUT2D eigenvalue weighted by atomic mass is 31.0. The van der Waals surface area contributed by atoms with Crippen molar-refractivity contribution >= 4 is 27.1 Å². The molecule has 1 fully saturated rings. The van der Waals surface area contributed by atoms with Crippen LogP contribution in [-0.4, -0.2) is 72.5 Å². The smallest absolute Gasteiger partial charge is 0.318 e. The van der Waals surface area contributed by atoms with Gasteiger partial charge in [-0.05, 0) is 74.6 Å². The van der Waals surface area contributed by atoms with Crippen LogP contribution in [0.25, 0.3) is 0 Å². The molecular formula is C39H53N4O5P. The Morgan fingerprint density at radius 3 is 2.06 bits per heavy atom. The molecule has 1 aliphatic rings. The predicted octanol–water partition coefficient (Wildman–Crippen LogP) is 5.57. The summed E-state index contributed by atoms with van der Waals surface area (Å²) in [5.41, 5.74) is 4.04. The van der Waals surface area contributed by atoms with Crippen LogP contribution in [0.4, 0.5) is 4.79 Å². The topological polar surface area (TPSA) is 109 Å². The summed E-state index contributed by atoms with van der Waals surface area (Å²) in [7, 11) is 2.69. The van der Waals surface area contributed by atoms with Crippen LogP contribution in [0.5, 0.6) is 5.75 Å². The van der Waals surface area contributed by atoms with Crippen molar-refractivity contribution in [2.45, 2.75) is 90.4 Å². The van der Waals surface area contributed by atoms with Crippen molar-refractivity contribution < 1.29 is 23.9 Å². The number of ether oxygens (including phenoxy) is 2. The molecule has 2 unspecified atom stereocenters. The van der Waals surface area contributed by atoms with E-state index in [-0.39, 0.29) is 42.3 Å². The molecular weight excluding hydrogens is 635 g/mol. The molecule has 0 radical (unpaired) electrons. The van der Waals surface area contributed by atoms with Crippen molar-refractivity contribution in [2.75, 3.05) is 19.7 Å². The fourth-order valence-corrected chi connectivity index (χ4v) is 6.72. The maximum atomic E-state index is 14.1. The highest BCUT2D eigenvalue weighted by Crippen LogP contribution is 2.24. The lowest BCUT2D eigenvalue weighted by Gasteiger charge is -2.38. The predicted molar refractivity (Wildman–Crippen MR) is 198 cm³/mol. The number of amides is 4. The summed E-state index contributed by atoms with van der Waals surface area (Å²) in [6, 6.07) is 24.3. The quantitative estimate of drug-likeness (QED) is 0.161. The molecule has 0 saturated carbocycles. The van der Waals surface area contributed by atoms with Crippen LogP contribution in [0, 0.1) is 19.8 Å². The van der Waals surface area contributed by atoms with Gasteiger partial charge in [0.2, 0.25) is 5.91 Å². The van der Waals surface area contributed by atoms with Gasteiger partial charge >= 0.3 is 6.03 Å². The SMILES string of the molecule is Cc1cccc(C)c1OCC(=O)N[C@@H](Cc1ccccc1)[C@H](C[C@@H](Cc1ccccc1)NC(=O)[C@H](C(C)C)N1CCCNC1=O)OC(C)P. The second kappa shape index (κ2) is 18.7. The summed E-state index contributed by atoms with van der Waals surface area (Å²) in [6.45, 7) is 10.8. The van der Waals surface area contributed by atoms with Gasteiger partial charge in [-0.25, -0.2) is 4.79 Å². The Morgan fingerprint density at radius 1 is 0.878 bits per heavy atom. The van der Waals surface area contributed by atoms with Crippen LogP contribution in [0.15, 0.2) is 78.9 Å². The number of hydrogen-bond acceptors (Lipinski definition) is 5. The Hall–Kier alpha value is -3.94. The van der Waals surface area contributed by atoms with Crippen LogP contribution in [0.3, 0.4) is 0 Å². The highest BCUT2D eigenvalue weighted by Gasteiger charge is 2.36. The molecule has 3 N–H and O–H groups in total. The first-order valence-corrected chi connectivity index (χ1v) is 18.0. The van der Waals surface area contributed by atoms with Gasteiger partial charge in [-0.1, -0.05) is 92.7 Å². The van der Waals surface area contributed by atoms with Crippen molar-refractivity contribution in [3.05, 3.63) is 101 Å². The molecule has 264 valence electrons. The van der Waals surface area contributed by atoms with E-state index in [1.54, 1.807) is 4.90 Å². The number of para-hydroxylation sites is 1. The second-order valence-electron chi connectivity index (χ2n) is 13.4. The van der Waals surface area contributed by atoms with Crippen LogP contribution >= 0.6 is 9.24 Å². The van der Waals surface area contributed by atoms with Crippen LogP contribution in [-0.2, 0) is 27.2 Å². The van der Waals surface area contributed by atoms with Crippen LogP contribution < -0.4 is 20.7 Å². The standard InChI is InChI=1S/C39H53N4O5P/c1-26(2)36(43-21-13-20-40-39(43)46)38(45)41-32(22-30-16-8-6-9-17-30)24-34(48-29(5)49)33(23-31-18-10-7-11-19-31)42-35(44)25-47-37-27(3)14-12-15-28(37)4/h6-12,14-19,26,29,32-34,36H,13,20-25,49H2,1-5H3,(H,40,46)(H,41,45)(H,42,44)/t29?,32-,33+,34+,36+/m1/s1. The molecule has 4 rings (SSSR count). The number of rotatable bonds is 17. The van der Waals surface area contributed by atoms with Crippen molar-refractivity contribution in [3.8, 4) is 5.75 Å². The average Bonchev–Trinajstić information content (AvgIpc) is 3.05. The molecule has 1 heterocycles. The summed E-state index contributed by atoms with van der Waals surface area (Å²) in [6.07, 6.45) is 1.81. The molecule has 6 atom stereocenters. The second-order valence-corrected chi connectivity index (χ2v) is 14.3. The Kier molecular flexibility index (Phi) is 14.5. The summed E-state index contributed by atoms with van der Waals surface area (Å²) in [5, 5.41) is 9.43. The Balaban J connectivity index is 1.61. The van der Waals surface area contributed by atoms with E-state index < -0.39 is 18.2 Å². The van der Waals surface area contributed by atoms with E-state index >= 15 is 0 Å². The van der Waals surface area contributed by atoms with Gasteiger partial charge in [0, 0.05) is 19.1 Å². The van der Waals surface area contributed by atoms with Gasteiger partial charge in [0.15, 0.2) is 6.61 Å². The molecule has 9 nitrogen and oxygen atoms in total. The number of carbonyl (C=O) groups is 3. The van der Waals surface area contributed by atoms with Crippen molar-refractivity contribution in [1.29, 1.82) is 0 Å². The maximum Gasteiger partial charge on any atom is 0.318 e. The van der Waals surface area contributed by atoms with Crippen molar-refractivity contribution in [2.24, 2.45) is 5.92 Å². The number of urea groups is 1. The van der Waals surface area contributed by atoms with Gasteiger partial charge in [-0.2, -0.15) is 0 Å². The van der Waals surface area contributed by atoms with Gasteiger partial charge in [0.1, 0.15) is 11.8 Å². The lowest BCUT2D eigenvalue weighted by Crippen LogP contribution is -2.59. The molecule has 4 amide bonds. The van der Waals surface area contributed by atoms with Gasteiger partial charge in [0.05, 0.1) is 18.0 Å². The zero-order chi connectivity index (χ0) is 35.3. The van der Waals surface area contributed by atoms with E-state index in [9.17, 15) is 14.4 Å². The molecule has 0 spiro atoms. The number of hydrogen-bond donors (Lipinski definition) is 3. The zero-order valence-corrected chi connectivity index (χ0v) is 30.6. The fourth-order valence-electron chi connectivity index (χ4n) is 6.52. The third-order valence-electron chi connectivity index (χ3n) is 8.78. The summed E-state index contributed by atoms with van der Waals surface area (Å²) >= 11 is 0. The largest absolute Gasteiger partial charge is 0.483 e. The summed E-state index contributed by atoms with van der Waals surface area (Å²) in [4.78, 5) is 42.1. The molecule has 0 aliphatic carbocycles. The first-order chi connectivity index (χ1) is 23.5. The minimum atomic E-state index is -0.625. The number of benzene rings is 3. The monoisotopic (exact) mass is 688 g/mol. The molecule has 0 bridgehead atoms. The molecule has 1 aliphatic heterocycles. The van der Waals surface area contributed by atoms with Crippen LogP contribution in [0.2, 0.25) is 0 Å². The summed E-state index contributed by atoms with van der Waals surface area (Å²) in [5.74, 6) is -0.0668. The minimum absolute atomic E-state index is 0.0951. The first-order valence-electron chi connectivity index (χ1n) is 17.3. The van der Waals surface area contributed by atoms with E-state index in [1.807, 2.05) is 113 Å². The summed E-state index contributed by atoms with van der Waals surface area (Å²) < 4.78 is 12.6. The normalized spacial score (nSPS) is 16.2. The van der Waals surface area contributed by atoms with E-state index in [0.717, 1.165) is 28.7 Å². The number of carbonyl (C=O) groups excluding carboxylic acids is 3. The van der Waals surface area contributed by atoms with E-state index in [4.69, 9.17) is 9.47 Å². The fraction of sp³-hybridized carbons (Fsp3) is 0.462. The third-order valence-corrected chi connectivity index (χ3v) is 8.93. The Morgan fingerprint density at radius 2 is 1.49 bits per heavy atom. The zero-order valence-electron chi connectivity index (χ0n) is 29.5. The Labute approximate surface area is 294 Å². The number of aryl methyl sites for hydroxylation is 2. The van der Waals surface area contributed by atoms with Gasteiger partial charge < -0.3 is 30.3 Å². The van der Waals surface area contributed by atoms with Gasteiger partial charge in [-0.15, -0.1) is 9.24 Å². The molecule has 0 aromatic heterocycles. The highest BCUT2D eigenvalue weighted by molar-refractivity contribution is 7.17. The molecule has 3 aromatic rings. The van der Waals surface area contributed by atoms with Crippen molar-refractivity contribution in [3.63, 3.8) is 0 Å².